The molecule has 2 aromatic carbocycles. The second-order valence-corrected chi connectivity index (χ2v) is 4.79. The van der Waals surface area contributed by atoms with Gasteiger partial charge in [-0.15, -0.1) is 0 Å². The summed E-state index contributed by atoms with van der Waals surface area (Å²) < 4.78 is 20.7. The summed E-state index contributed by atoms with van der Waals surface area (Å²) in [6.45, 7) is -0.0697. The largest absolute Gasteiger partial charge is 0.497 e. The van der Waals surface area contributed by atoms with Crippen LogP contribution in [0, 0.1) is 11.3 Å². The van der Waals surface area contributed by atoms with Crippen LogP contribution in [0.2, 0.25) is 0 Å². The Morgan fingerprint density at radius 3 is 2.40 bits per heavy atom. The molecule has 0 aromatic heterocycles. The van der Waals surface area contributed by atoms with Crippen LogP contribution in [-0.2, 0) is 4.79 Å². The Balaban J connectivity index is 2.02. The minimum Gasteiger partial charge on any atom is -0.497 e. The van der Waals surface area contributed by atoms with Crippen LogP contribution in [0.25, 0.3) is 6.08 Å². The lowest BCUT2D eigenvalue weighted by Gasteiger charge is -2.08. The van der Waals surface area contributed by atoms with E-state index in [0.717, 1.165) is 5.56 Å². The molecule has 0 saturated heterocycles. The molecule has 0 bridgehead atoms. The highest BCUT2D eigenvalue weighted by atomic mass is 16.5. The highest BCUT2D eigenvalue weighted by Crippen LogP contribution is 2.28. The van der Waals surface area contributed by atoms with Crippen molar-refractivity contribution in [2.45, 2.75) is 0 Å². The van der Waals surface area contributed by atoms with Gasteiger partial charge in [-0.25, -0.2) is 4.79 Å². The summed E-state index contributed by atoms with van der Waals surface area (Å²) in [6.07, 6.45) is 2.91. The van der Waals surface area contributed by atoms with Gasteiger partial charge in [0.05, 0.1) is 14.2 Å². The Morgan fingerprint density at radius 1 is 1.04 bits per heavy atom. The zero-order chi connectivity index (χ0) is 18.1. The molecule has 0 aliphatic carbocycles. The van der Waals surface area contributed by atoms with Crippen molar-refractivity contribution in [3.05, 3.63) is 54.1 Å². The molecule has 6 nitrogen and oxygen atoms in total. The molecular formula is C19H17NO5. The van der Waals surface area contributed by atoms with Gasteiger partial charge in [-0.1, -0.05) is 6.07 Å². The highest BCUT2D eigenvalue weighted by molar-refractivity contribution is 5.88. The summed E-state index contributed by atoms with van der Waals surface area (Å²) in [7, 11) is 3.06. The van der Waals surface area contributed by atoms with E-state index in [-0.39, 0.29) is 6.61 Å². The maximum atomic E-state index is 11.9. The van der Waals surface area contributed by atoms with E-state index in [9.17, 15) is 4.79 Å². The average Bonchev–Trinajstić information content (AvgIpc) is 2.65. The summed E-state index contributed by atoms with van der Waals surface area (Å²) in [5.41, 5.74) is 0.729. The second kappa shape index (κ2) is 8.99. The molecule has 0 N–H and O–H groups in total. The van der Waals surface area contributed by atoms with E-state index in [2.05, 4.69) is 0 Å². The van der Waals surface area contributed by atoms with Crippen LogP contribution in [0.1, 0.15) is 5.56 Å². The van der Waals surface area contributed by atoms with Crippen LogP contribution in [0.3, 0.4) is 0 Å². The number of carbonyl (C=O) groups is 1. The van der Waals surface area contributed by atoms with E-state index < -0.39 is 5.97 Å². The molecule has 0 atom stereocenters. The minimum absolute atomic E-state index is 0.0697. The lowest BCUT2D eigenvalue weighted by Crippen LogP contribution is -2.03. The Hall–Kier alpha value is -3.46. The fourth-order valence-electron chi connectivity index (χ4n) is 1.98. The summed E-state index contributed by atoms with van der Waals surface area (Å²) in [5.74, 6) is 1.53. The third-order valence-electron chi connectivity index (χ3n) is 3.17. The number of ether oxygens (including phenoxy) is 4. The summed E-state index contributed by atoms with van der Waals surface area (Å²) in [6, 6.07) is 13.7. The van der Waals surface area contributed by atoms with Gasteiger partial charge in [0.15, 0.2) is 18.1 Å². The van der Waals surface area contributed by atoms with Gasteiger partial charge in [0.25, 0.3) is 0 Å². The SMILES string of the molecule is COc1ccc(OC(=O)/C=C/c2ccc(OCC#N)c(OC)c2)cc1. The fraction of sp³-hybridized carbons (Fsp3) is 0.158. The van der Waals surface area contributed by atoms with Crippen molar-refractivity contribution in [3.63, 3.8) is 0 Å². The van der Waals surface area contributed by atoms with Crippen molar-refractivity contribution >= 4 is 12.0 Å². The first kappa shape index (κ1) is 17.9. The summed E-state index contributed by atoms with van der Waals surface area (Å²) >= 11 is 0. The maximum Gasteiger partial charge on any atom is 0.336 e. The maximum absolute atomic E-state index is 11.9. The predicted molar refractivity (Wildman–Crippen MR) is 91.8 cm³/mol. The number of methoxy groups -OCH3 is 2. The van der Waals surface area contributed by atoms with E-state index in [0.29, 0.717) is 23.0 Å². The third-order valence-corrected chi connectivity index (χ3v) is 3.17. The first-order valence-corrected chi connectivity index (χ1v) is 7.38. The molecular weight excluding hydrogens is 322 g/mol. The molecule has 2 aromatic rings. The first-order valence-electron chi connectivity index (χ1n) is 7.38. The zero-order valence-corrected chi connectivity index (χ0v) is 13.9. The van der Waals surface area contributed by atoms with E-state index in [4.69, 9.17) is 24.2 Å². The second-order valence-electron chi connectivity index (χ2n) is 4.79. The Labute approximate surface area is 145 Å². The van der Waals surface area contributed by atoms with Gasteiger partial charge in [-0.2, -0.15) is 5.26 Å². The molecule has 25 heavy (non-hydrogen) atoms. The molecule has 0 aliphatic rings. The predicted octanol–water partition coefficient (Wildman–Crippen LogP) is 3.22. The van der Waals surface area contributed by atoms with Gasteiger partial charge < -0.3 is 18.9 Å². The Morgan fingerprint density at radius 2 is 1.76 bits per heavy atom. The van der Waals surface area contributed by atoms with Crippen LogP contribution < -0.4 is 18.9 Å². The lowest BCUT2D eigenvalue weighted by molar-refractivity contribution is -0.128. The third kappa shape index (κ3) is 5.29. The molecule has 0 aliphatic heterocycles. The molecule has 128 valence electrons. The van der Waals surface area contributed by atoms with Crippen LogP contribution in [-0.4, -0.2) is 26.8 Å². The number of nitrogens with zero attached hydrogens (tertiary/aromatic N) is 1. The molecule has 0 unspecified atom stereocenters. The van der Waals surface area contributed by atoms with Crippen LogP contribution >= 0.6 is 0 Å². The van der Waals surface area contributed by atoms with Crippen molar-refractivity contribution in [2.75, 3.05) is 20.8 Å². The monoisotopic (exact) mass is 339 g/mol. The molecule has 6 heteroatoms. The van der Waals surface area contributed by atoms with E-state index >= 15 is 0 Å². The first-order chi connectivity index (χ1) is 12.2. The molecule has 0 spiro atoms. The number of hydrogen-bond acceptors (Lipinski definition) is 6. The van der Waals surface area contributed by atoms with Crippen molar-refractivity contribution in [1.82, 2.24) is 0 Å². The van der Waals surface area contributed by atoms with Gasteiger partial charge in [-0.3, -0.25) is 0 Å². The zero-order valence-electron chi connectivity index (χ0n) is 13.9. The van der Waals surface area contributed by atoms with Gasteiger partial charge in [0.1, 0.15) is 17.6 Å². The summed E-state index contributed by atoms with van der Waals surface area (Å²) in [4.78, 5) is 11.9. The Bertz CT molecular complexity index is 790. The standard InChI is InChI=1S/C19H17NO5/c1-22-15-5-7-16(8-6-15)25-19(21)10-4-14-3-9-17(24-12-11-20)18(13-14)23-2/h3-10,13H,12H2,1-2H3/b10-4+. The number of nitriles is 1. The summed E-state index contributed by atoms with van der Waals surface area (Å²) in [5, 5.41) is 8.56. The van der Waals surface area contributed by atoms with E-state index in [1.165, 1.54) is 13.2 Å². The number of hydrogen-bond donors (Lipinski definition) is 0. The van der Waals surface area contributed by atoms with Crippen molar-refractivity contribution in [3.8, 4) is 29.1 Å². The van der Waals surface area contributed by atoms with Gasteiger partial charge in [0.2, 0.25) is 0 Å². The van der Waals surface area contributed by atoms with Crippen molar-refractivity contribution in [1.29, 1.82) is 5.26 Å². The van der Waals surface area contributed by atoms with Crippen molar-refractivity contribution in [2.24, 2.45) is 0 Å². The lowest BCUT2D eigenvalue weighted by atomic mass is 10.2. The number of esters is 1. The van der Waals surface area contributed by atoms with Gasteiger partial charge in [0, 0.05) is 6.08 Å². The van der Waals surface area contributed by atoms with Crippen LogP contribution in [0.5, 0.6) is 23.0 Å². The number of carbonyl (C=O) groups excluding carboxylic acids is 1. The van der Waals surface area contributed by atoms with E-state index in [1.54, 1.807) is 55.7 Å². The van der Waals surface area contributed by atoms with Gasteiger partial charge in [-0.05, 0) is 48.0 Å². The molecule has 2 rings (SSSR count). The van der Waals surface area contributed by atoms with Crippen LogP contribution in [0.4, 0.5) is 0 Å². The number of rotatable bonds is 7. The molecule has 0 fully saturated rings. The molecule has 0 saturated carbocycles. The quantitative estimate of drug-likeness (QED) is 0.438. The van der Waals surface area contributed by atoms with Crippen molar-refractivity contribution < 1.29 is 23.7 Å². The van der Waals surface area contributed by atoms with Gasteiger partial charge >= 0.3 is 5.97 Å². The molecule has 0 heterocycles. The molecule has 0 amide bonds. The number of benzene rings is 2. The highest BCUT2D eigenvalue weighted by Gasteiger charge is 2.05. The van der Waals surface area contributed by atoms with E-state index in [1.807, 2.05) is 6.07 Å². The molecule has 0 radical (unpaired) electrons. The fourth-order valence-corrected chi connectivity index (χ4v) is 1.98. The topological polar surface area (TPSA) is 77.8 Å². The Kier molecular flexibility index (Phi) is 6.43. The minimum atomic E-state index is -0.506. The average molecular weight is 339 g/mol. The smallest absolute Gasteiger partial charge is 0.336 e. The van der Waals surface area contributed by atoms with Crippen LogP contribution in [0.15, 0.2) is 48.5 Å². The normalized spacial score (nSPS) is 10.1.